The maximum atomic E-state index is 12.0. The van der Waals surface area contributed by atoms with Crippen molar-refractivity contribution in [3.8, 4) is 17.0 Å². The fourth-order valence-corrected chi connectivity index (χ4v) is 6.47. The van der Waals surface area contributed by atoms with Crippen LogP contribution in [0.4, 0.5) is 0 Å². The fraction of sp³-hybridized carbons (Fsp3) is 0.344. The molecule has 0 radical (unpaired) electrons. The second-order valence-corrected chi connectivity index (χ2v) is 11.3. The molecule has 1 aliphatic carbocycles. The van der Waals surface area contributed by atoms with Crippen LogP contribution in [0, 0.1) is 0 Å². The number of primary amides is 1. The van der Waals surface area contributed by atoms with Gasteiger partial charge in [0.2, 0.25) is 12.3 Å². The molecular weight excluding hydrogens is 488 g/mol. The van der Waals surface area contributed by atoms with Crippen LogP contribution in [0.2, 0.25) is 0 Å². The molecule has 3 heterocycles. The molecule has 3 aromatic carbocycles. The lowest BCUT2D eigenvalue weighted by atomic mass is 10.0. The van der Waals surface area contributed by atoms with Crippen LogP contribution < -0.4 is 10.5 Å². The van der Waals surface area contributed by atoms with Crippen LogP contribution in [-0.4, -0.2) is 45.2 Å². The van der Waals surface area contributed by atoms with Crippen LogP contribution in [0.1, 0.15) is 65.9 Å². The summed E-state index contributed by atoms with van der Waals surface area (Å²) in [6.45, 7) is 0.639. The SMILES string of the molecule is NC(=O)c1ccc2c(c1)c(-c1ccc(OC3CC4CCC(C3)N4C=O)cc1)nn2Cc1ccc(C2CC2)cc1. The monoisotopic (exact) mass is 520 g/mol. The fourth-order valence-electron chi connectivity index (χ4n) is 6.47. The molecule has 1 saturated carbocycles. The Morgan fingerprint density at radius 3 is 2.31 bits per heavy atom. The molecule has 2 bridgehead atoms. The number of carbonyl (C=O) groups is 2. The van der Waals surface area contributed by atoms with Crippen molar-refractivity contribution >= 4 is 23.2 Å². The van der Waals surface area contributed by atoms with E-state index in [4.69, 9.17) is 15.6 Å². The molecule has 2 aliphatic heterocycles. The number of aromatic nitrogens is 2. The van der Waals surface area contributed by atoms with Gasteiger partial charge in [-0.1, -0.05) is 24.3 Å². The van der Waals surface area contributed by atoms with Gasteiger partial charge in [-0.15, -0.1) is 0 Å². The highest BCUT2D eigenvalue weighted by molar-refractivity contribution is 6.01. The van der Waals surface area contributed by atoms with Gasteiger partial charge < -0.3 is 15.4 Å². The summed E-state index contributed by atoms with van der Waals surface area (Å²) in [5.41, 5.74) is 11.4. The minimum atomic E-state index is -0.454. The quantitative estimate of drug-likeness (QED) is 0.321. The molecule has 39 heavy (non-hydrogen) atoms. The summed E-state index contributed by atoms with van der Waals surface area (Å²) in [6.07, 6.45) is 7.59. The summed E-state index contributed by atoms with van der Waals surface area (Å²) in [7, 11) is 0. The number of ether oxygens (including phenoxy) is 1. The van der Waals surface area contributed by atoms with Gasteiger partial charge in [0.1, 0.15) is 17.5 Å². The summed E-state index contributed by atoms with van der Waals surface area (Å²) >= 11 is 0. The number of rotatable bonds is 8. The predicted molar refractivity (Wildman–Crippen MR) is 150 cm³/mol. The van der Waals surface area contributed by atoms with E-state index in [0.29, 0.717) is 24.2 Å². The minimum Gasteiger partial charge on any atom is -0.490 e. The van der Waals surface area contributed by atoms with Crippen LogP contribution >= 0.6 is 0 Å². The van der Waals surface area contributed by atoms with Crippen LogP contribution in [0.25, 0.3) is 22.2 Å². The number of hydrogen-bond acceptors (Lipinski definition) is 4. The van der Waals surface area contributed by atoms with Crippen molar-refractivity contribution in [1.82, 2.24) is 14.7 Å². The van der Waals surface area contributed by atoms with Gasteiger partial charge in [0, 0.05) is 41.4 Å². The molecule has 2 unspecified atom stereocenters. The smallest absolute Gasteiger partial charge is 0.248 e. The summed E-state index contributed by atoms with van der Waals surface area (Å²) in [4.78, 5) is 25.3. The minimum absolute atomic E-state index is 0.119. The highest BCUT2D eigenvalue weighted by Gasteiger charge is 2.40. The van der Waals surface area contributed by atoms with E-state index in [-0.39, 0.29) is 6.10 Å². The van der Waals surface area contributed by atoms with Crippen LogP contribution in [0.5, 0.6) is 5.75 Å². The van der Waals surface area contributed by atoms with Crippen LogP contribution in [-0.2, 0) is 11.3 Å². The Morgan fingerprint density at radius 1 is 0.949 bits per heavy atom. The van der Waals surface area contributed by atoms with E-state index in [9.17, 15) is 9.59 Å². The molecule has 7 heteroatoms. The molecule has 2 amide bonds. The number of nitrogens with zero attached hydrogens (tertiary/aromatic N) is 3. The van der Waals surface area contributed by atoms with Gasteiger partial charge >= 0.3 is 0 Å². The van der Waals surface area contributed by atoms with E-state index in [2.05, 4.69) is 24.3 Å². The Balaban J connectivity index is 1.16. The Morgan fingerprint density at radius 2 is 1.67 bits per heavy atom. The van der Waals surface area contributed by atoms with E-state index < -0.39 is 5.91 Å². The number of benzene rings is 3. The van der Waals surface area contributed by atoms with Gasteiger partial charge in [0.25, 0.3) is 0 Å². The van der Waals surface area contributed by atoms with Crippen LogP contribution in [0.3, 0.4) is 0 Å². The highest BCUT2D eigenvalue weighted by Crippen LogP contribution is 2.40. The van der Waals surface area contributed by atoms with Crippen LogP contribution in [0.15, 0.2) is 66.7 Å². The van der Waals surface area contributed by atoms with Gasteiger partial charge in [0.15, 0.2) is 0 Å². The van der Waals surface area contributed by atoms with Gasteiger partial charge in [-0.3, -0.25) is 14.3 Å². The van der Waals surface area contributed by atoms with Crippen molar-refractivity contribution in [2.45, 2.75) is 69.2 Å². The molecule has 1 aromatic heterocycles. The van der Waals surface area contributed by atoms with Crippen molar-refractivity contribution in [3.63, 3.8) is 0 Å². The normalized spacial score (nSPS) is 22.3. The first kappa shape index (κ1) is 23.9. The molecule has 3 fully saturated rings. The maximum Gasteiger partial charge on any atom is 0.248 e. The zero-order chi connectivity index (χ0) is 26.5. The zero-order valence-electron chi connectivity index (χ0n) is 21.8. The van der Waals surface area contributed by atoms with Crippen molar-refractivity contribution in [2.75, 3.05) is 0 Å². The number of fused-ring (bicyclic) bond motifs is 3. The van der Waals surface area contributed by atoms with Crippen molar-refractivity contribution < 1.29 is 14.3 Å². The van der Waals surface area contributed by atoms with Gasteiger partial charge in [-0.05, 0) is 85.2 Å². The summed E-state index contributed by atoms with van der Waals surface area (Å²) in [5, 5.41) is 5.90. The molecule has 4 aromatic rings. The second-order valence-electron chi connectivity index (χ2n) is 11.3. The molecule has 2 N–H and O–H groups in total. The molecule has 3 aliphatic rings. The van der Waals surface area contributed by atoms with E-state index in [1.165, 1.54) is 24.0 Å². The van der Waals surface area contributed by atoms with E-state index in [1.54, 1.807) is 6.07 Å². The van der Waals surface area contributed by atoms with Crippen molar-refractivity contribution in [2.24, 2.45) is 5.73 Å². The largest absolute Gasteiger partial charge is 0.490 e. The third-order valence-electron chi connectivity index (χ3n) is 8.69. The number of hydrogen-bond donors (Lipinski definition) is 1. The first-order valence-electron chi connectivity index (χ1n) is 13.9. The van der Waals surface area contributed by atoms with Gasteiger partial charge in [-0.2, -0.15) is 5.10 Å². The summed E-state index contributed by atoms with van der Waals surface area (Å²) in [6, 6.07) is 23.0. The predicted octanol–water partition coefficient (Wildman–Crippen LogP) is 5.26. The maximum absolute atomic E-state index is 12.0. The summed E-state index contributed by atoms with van der Waals surface area (Å²) in [5.74, 6) is 1.10. The Hall–Kier alpha value is -4.13. The molecule has 2 saturated heterocycles. The highest BCUT2D eigenvalue weighted by atomic mass is 16.5. The Labute approximate surface area is 227 Å². The topological polar surface area (TPSA) is 90.5 Å². The average Bonchev–Trinajstić information content (AvgIpc) is 3.69. The first-order valence-corrected chi connectivity index (χ1v) is 13.9. The lowest BCUT2D eigenvalue weighted by molar-refractivity contribution is -0.123. The Kier molecular flexibility index (Phi) is 5.87. The van der Waals surface area contributed by atoms with E-state index in [0.717, 1.165) is 65.9 Å². The number of nitrogens with two attached hydrogens (primary N) is 1. The third kappa shape index (κ3) is 4.56. The number of piperidine rings is 1. The molecule has 7 rings (SSSR count). The lowest BCUT2D eigenvalue weighted by Crippen LogP contribution is -2.45. The van der Waals surface area contributed by atoms with Crippen molar-refractivity contribution in [1.29, 1.82) is 0 Å². The van der Waals surface area contributed by atoms with E-state index in [1.807, 2.05) is 46.0 Å². The number of amides is 2. The Bertz CT molecular complexity index is 1520. The molecule has 7 nitrogen and oxygen atoms in total. The lowest BCUT2D eigenvalue weighted by Gasteiger charge is -2.36. The zero-order valence-corrected chi connectivity index (χ0v) is 21.8. The number of carbonyl (C=O) groups excluding carboxylic acids is 2. The average molecular weight is 521 g/mol. The first-order chi connectivity index (χ1) is 19.1. The van der Waals surface area contributed by atoms with Crippen molar-refractivity contribution in [3.05, 3.63) is 83.4 Å². The van der Waals surface area contributed by atoms with E-state index >= 15 is 0 Å². The summed E-state index contributed by atoms with van der Waals surface area (Å²) < 4.78 is 8.35. The van der Waals surface area contributed by atoms with Gasteiger partial charge in [0.05, 0.1) is 12.1 Å². The molecule has 198 valence electrons. The second kappa shape index (κ2) is 9.56. The molecule has 0 spiro atoms. The molecule has 2 atom stereocenters. The third-order valence-corrected chi connectivity index (χ3v) is 8.69. The molecular formula is C32H32N4O3. The van der Waals surface area contributed by atoms with Gasteiger partial charge in [-0.25, -0.2) is 0 Å². The standard InChI is InChI=1S/C32H32N4O3/c33-32(38)24-9-14-30-29(15-24)31(34-36(30)18-20-1-3-21(4-2-20)22-5-6-22)23-7-12-27(13-8-23)39-28-16-25-10-11-26(17-28)35(25)19-37/h1-4,7-9,12-15,19,22,25-26,28H,5-6,10-11,16-18H2,(H2,33,38).